The average molecular weight is 326 g/mol. The number of halogens is 1. The summed E-state index contributed by atoms with van der Waals surface area (Å²) in [5, 5.41) is 9.18. The Kier molecular flexibility index (Phi) is 3.54. The quantitative estimate of drug-likeness (QED) is 0.900. The number of aryl methyl sites for hydroxylation is 3. The predicted molar refractivity (Wildman–Crippen MR) is 76.4 cm³/mol. The second kappa shape index (κ2) is 4.82. The van der Waals surface area contributed by atoms with Gasteiger partial charge in [-0.3, -0.25) is 0 Å². The van der Waals surface area contributed by atoms with Gasteiger partial charge in [0.05, 0.1) is 4.88 Å². The van der Waals surface area contributed by atoms with Crippen LogP contribution in [0, 0.1) is 20.8 Å². The highest BCUT2D eigenvalue weighted by molar-refractivity contribution is 9.11. The number of rotatable bonds is 2. The largest absolute Gasteiger partial charge is 0.476 e. The molecule has 18 heavy (non-hydrogen) atoms. The zero-order valence-corrected chi connectivity index (χ0v) is 12.6. The van der Waals surface area contributed by atoms with Crippen LogP contribution in [0.4, 0.5) is 0 Å². The molecule has 0 aliphatic carbocycles. The fourth-order valence-corrected chi connectivity index (χ4v) is 3.35. The molecule has 1 N–H and O–H groups in total. The molecule has 3 nitrogen and oxygen atoms in total. The van der Waals surface area contributed by atoms with E-state index in [-0.39, 0.29) is 5.69 Å². The second-order valence-corrected chi connectivity index (χ2v) is 6.48. The highest BCUT2D eigenvalue weighted by atomic mass is 79.9. The molecule has 0 saturated carbocycles. The van der Waals surface area contributed by atoms with Crippen LogP contribution in [-0.4, -0.2) is 16.1 Å². The van der Waals surface area contributed by atoms with Crippen molar-refractivity contribution < 1.29 is 9.90 Å². The second-order valence-electron chi connectivity index (χ2n) is 4.20. The Morgan fingerprint density at radius 3 is 2.44 bits per heavy atom. The van der Waals surface area contributed by atoms with Gasteiger partial charge < -0.3 is 5.11 Å². The molecule has 1 aromatic heterocycles. The molecule has 0 amide bonds. The van der Waals surface area contributed by atoms with Crippen molar-refractivity contribution in [1.29, 1.82) is 0 Å². The maximum atomic E-state index is 11.2. The van der Waals surface area contributed by atoms with Gasteiger partial charge in [-0.15, -0.1) is 11.3 Å². The van der Waals surface area contributed by atoms with Crippen LogP contribution in [0.5, 0.6) is 0 Å². The van der Waals surface area contributed by atoms with Crippen LogP contribution in [-0.2, 0) is 0 Å². The maximum absolute atomic E-state index is 11.2. The zero-order chi connectivity index (χ0) is 13.4. The summed E-state index contributed by atoms with van der Waals surface area (Å²) in [6, 6.07) is 4.10. The van der Waals surface area contributed by atoms with Crippen molar-refractivity contribution in [2.75, 3.05) is 0 Å². The van der Waals surface area contributed by atoms with E-state index in [1.54, 1.807) is 0 Å². The molecule has 2 aromatic rings. The summed E-state index contributed by atoms with van der Waals surface area (Å²) >= 11 is 4.60. The first kappa shape index (κ1) is 13.2. The van der Waals surface area contributed by atoms with E-state index in [0.717, 1.165) is 16.7 Å². The van der Waals surface area contributed by atoms with Crippen molar-refractivity contribution in [3.05, 3.63) is 38.4 Å². The number of aromatic carboxylic acids is 1. The highest BCUT2D eigenvalue weighted by Gasteiger charge is 2.19. The lowest BCUT2D eigenvalue weighted by molar-refractivity contribution is 0.0692. The average Bonchev–Trinajstić information content (AvgIpc) is 2.65. The van der Waals surface area contributed by atoms with E-state index in [1.165, 1.54) is 16.9 Å². The van der Waals surface area contributed by atoms with E-state index in [4.69, 9.17) is 0 Å². The molecule has 0 bridgehead atoms. The summed E-state index contributed by atoms with van der Waals surface area (Å²) in [5.74, 6) is -0.996. The Morgan fingerprint density at radius 2 is 1.83 bits per heavy atom. The summed E-state index contributed by atoms with van der Waals surface area (Å²) in [6.07, 6.45) is 0. The van der Waals surface area contributed by atoms with Crippen molar-refractivity contribution in [3.8, 4) is 10.4 Å². The van der Waals surface area contributed by atoms with E-state index in [9.17, 15) is 9.90 Å². The van der Waals surface area contributed by atoms with E-state index in [2.05, 4.69) is 27.0 Å². The SMILES string of the molecule is Cc1cc(C)c(-c2sc(Br)nc2C(=O)O)cc1C. The molecule has 0 unspecified atom stereocenters. The topological polar surface area (TPSA) is 50.2 Å². The molecule has 94 valence electrons. The third-order valence-electron chi connectivity index (χ3n) is 2.89. The van der Waals surface area contributed by atoms with Gasteiger partial charge in [0.1, 0.15) is 0 Å². The molecule has 0 saturated heterocycles. The zero-order valence-electron chi connectivity index (χ0n) is 10.2. The molecule has 0 fully saturated rings. The molecule has 1 heterocycles. The van der Waals surface area contributed by atoms with E-state index in [0.29, 0.717) is 8.79 Å². The first-order valence-electron chi connectivity index (χ1n) is 5.38. The fourth-order valence-electron chi connectivity index (χ4n) is 1.83. The lowest BCUT2D eigenvalue weighted by atomic mass is 9.99. The molecule has 0 radical (unpaired) electrons. The van der Waals surface area contributed by atoms with E-state index >= 15 is 0 Å². The van der Waals surface area contributed by atoms with Gasteiger partial charge in [-0.2, -0.15) is 0 Å². The van der Waals surface area contributed by atoms with Crippen molar-refractivity contribution in [2.45, 2.75) is 20.8 Å². The molecule has 1 aromatic carbocycles. The molecule has 0 aliphatic rings. The van der Waals surface area contributed by atoms with Crippen LogP contribution >= 0.6 is 27.3 Å². The molecular weight excluding hydrogens is 314 g/mol. The van der Waals surface area contributed by atoms with E-state index < -0.39 is 5.97 Å². The van der Waals surface area contributed by atoms with Crippen LogP contribution in [0.25, 0.3) is 10.4 Å². The maximum Gasteiger partial charge on any atom is 0.356 e. The van der Waals surface area contributed by atoms with Gasteiger partial charge in [0.2, 0.25) is 0 Å². The monoisotopic (exact) mass is 325 g/mol. The normalized spacial score (nSPS) is 10.7. The van der Waals surface area contributed by atoms with Gasteiger partial charge in [0, 0.05) is 0 Å². The van der Waals surface area contributed by atoms with Crippen LogP contribution in [0.15, 0.2) is 16.0 Å². The number of hydrogen-bond donors (Lipinski definition) is 1. The minimum Gasteiger partial charge on any atom is -0.476 e. The number of aromatic nitrogens is 1. The Labute approximate surface area is 118 Å². The third-order valence-corrected chi connectivity index (χ3v) is 4.43. The number of thiazole rings is 1. The summed E-state index contributed by atoms with van der Waals surface area (Å²) in [5.41, 5.74) is 4.47. The number of nitrogens with zero attached hydrogens (tertiary/aromatic N) is 1. The standard InChI is InChI=1S/C13H12BrNO2S/c1-6-4-8(3)9(5-7(6)2)11-10(12(16)17)15-13(14)18-11/h4-5H,1-3H3,(H,16,17). The van der Waals surface area contributed by atoms with Gasteiger partial charge >= 0.3 is 5.97 Å². The summed E-state index contributed by atoms with van der Waals surface area (Å²) in [7, 11) is 0. The third kappa shape index (κ3) is 2.33. The molecule has 2 rings (SSSR count). The number of hydrogen-bond acceptors (Lipinski definition) is 3. The van der Waals surface area contributed by atoms with Crippen LogP contribution in [0.3, 0.4) is 0 Å². The first-order chi connectivity index (χ1) is 8.40. The minimum absolute atomic E-state index is 0.109. The van der Waals surface area contributed by atoms with Crippen molar-refractivity contribution >= 4 is 33.2 Å². The van der Waals surface area contributed by atoms with Crippen molar-refractivity contribution in [2.24, 2.45) is 0 Å². The lowest BCUT2D eigenvalue weighted by Gasteiger charge is -2.08. The summed E-state index contributed by atoms with van der Waals surface area (Å²) < 4.78 is 0.590. The van der Waals surface area contributed by atoms with E-state index in [1.807, 2.05) is 26.8 Å². The number of carbonyl (C=O) groups is 1. The Balaban J connectivity index is 2.69. The van der Waals surface area contributed by atoms with Crippen LogP contribution < -0.4 is 0 Å². The van der Waals surface area contributed by atoms with Gasteiger partial charge in [-0.05, 0) is 59.0 Å². The Hall–Kier alpha value is -1.20. The minimum atomic E-state index is -0.996. The smallest absolute Gasteiger partial charge is 0.356 e. The summed E-state index contributed by atoms with van der Waals surface area (Å²) in [4.78, 5) is 15.9. The van der Waals surface area contributed by atoms with Crippen LogP contribution in [0.2, 0.25) is 0 Å². The number of carboxylic acid groups (broad SMARTS) is 1. The highest BCUT2D eigenvalue weighted by Crippen LogP contribution is 2.36. The molecule has 0 aliphatic heterocycles. The number of benzene rings is 1. The Bertz CT molecular complexity index is 634. The van der Waals surface area contributed by atoms with Crippen molar-refractivity contribution in [3.63, 3.8) is 0 Å². The molecule has 0 spiro atoms. The Morgan fingerprint density at radius 1 is 1.22 bits per heavy atom. The predicted octanol–water partition coefficient (Wildman–Crippen LogP) is 4.20. The number of carboxylic acids is 1. The summed E-state index contributed by atoms with van der Waals surface area (Å²) in [6.45, 7) is 6.06. The van der Waals surface area contributed by atoms with Crippen LogP contribution in [0.1, 0.15) is 27.2 Å². The van der Waals surface area contributed by atoms with Gasteiger partial charge in [-0.1, -0.05) is 12.1 Å². The van der Waals surface area contributed by atoms with Gasteiger partial charge in [-0.25, -0.2) is 9.78 Å². The lowest BCUT2D eigenvalue weighted by Crippen LogP contribution is -1.99. The van der Waals surface area contributed by atoms with Gasteiger partial charge in [0.25, 0.3) is 0 Å². The van der Waals surface area contributed by atoms with Crippen molar-refractivity contribution in [1.82, 2.24) is 4.98 Å². The molecule has 0 atom stereocenters. The first-order valence-corrected chi connectivity index (χ1v) is 6.99. The fraction of sp³-hybridized carbons (Fsp3) is 0.231. The molecular formula is C13H12BrNO2S. The van der Waals surface area contributed by atoms with Gasteiger partial charge in [0.15, 0.2) is 9.61 Å². The molecule has 5 heteroatoms.